The zero-order valence-corrected chi connectivity index (χ0v) is 12.0. The fourth-order valence-electron chi connectivity index (χ4n) is 2.36. The summed E-state index contributed by atoms with van der Waals surface area (Å²) >= 11 is 0. The molecule has 1 atom stereocenters. The van der Waals surface area contributed by atoms with Crippen molar-refractivity contribution in [3.8, 4) is 0 Å². The van der Waals surface area contributed by atoms with Gasteiger partial charge in [-0.2, -0.15) is 0 Å². The van der Waals surface area contributed by atoms with Gasteiger partial charge >= 0.3 is 0 Å². The van der Waals surface area contributed by atoms with E-state index in [0.29, 0.717) is 5.39 Å². The zero-order chi connectivity index (χ0) is 14.0. The van der Waals surface area contributed by atoms with Gasteiger partial charge in [0.2, 0.25) is 0 Å². The first-order valence-electron chi connectivity index (χ1n) is 6.77. The van der Waals surface area contributed by atoms with Crippen LogP contribution in [0.2, 0.25) is 0 Å². The van der Waals surface area contributed by atoms with E-state index in [-0.39, 0.29) is 11.6 Å². The van der Waals surface area contributed by atoms with E-state index in [4.69, 9.17) is 0 Å². The number of H-pyrrole nitrogens is 1. The molecule has 0 spiro atoms. The van der Waals surface area contributed by atoms with Gasteiger partial charge in [0.1, 0.15) is 5.82 Å². The van der Waals surface area contributed by atoms with E-state index in [9.17, 15) is 4.79 Å². The van der Waals surface area contributed by atoms with Crippen LogP contribution >= 0.6 is 0 Å². The number of nitrogens with zero attached hydrogens (tertiary/aromatic N) is 2. The van der Waals surface area contributed by atoms with E-state index in [2.05, 4.69) is 35.8 Å². The Labute approximate surface area is 113 Å². The van der Waals surface area contributed by atoms with Gasteiger partial charge in [-0.05, 0) is 44.6 Å². The van der Waals surface area contributed by atoms with Crippen molar-refractivity contribution in [3.63, 3.8) is 0 Å². The molecule has 0 saturated carbocycles. The molecule has 1 heterocycles. The molecule has 4 nitrogen and oxygen atoms in total. The fraction of sp³-hybridized carbons (Fsp3) is 0.467. The highest BCUT2D eigenvalue weighted by molar-refractivity contribution is 5.78. The normalized spacial score (nSPS) is 13.1. The summed E-state index contributed by atoms with van der Waals surface area (Å²) in [5.74, 6) is 0.759. The molecule has 0 aliphatic heterocycles. The summed E-state index contributed by atoms with van der Waals surface area (Å²) in [6, 6.07) is 5.90. The molecule has 0 saturated heterocycles. The maximum absolute atomic E-state index is 12.1. The van der Waals surface area contributed by atoms with E-state index in [1.54, 1.807) is 0 Å². The fourth-order valence-corrected chi connectivity index (χ4v) is 2.36. The van der Waals surface area contributed by atoms with Crippen LogP contribution in [0.3, 0.4) is 0 Å². The van der Waals surface area contributed by atoms with Crippen molar-refractivity contribution in [2.24, 2.45) is 0 Å². The standard InChI is InChI=1S/C15H21N3O/c1-5-13(18(4)6-2)14-16-12-9-10(3)7-8-11(12)15(19)17-14/h7-9,13H,5-6H2,1-4H3,(H,16,17,19). The molecule has 2 rings (SSSR count). The lowest BCUT2D eigenvalue weighted by molar-refractivity contribution is 0.241. The highest BCUT2D eigenvalue weighted by Crippen LogP contribution is 2.20. The molecular formula is C15H21N3O. The lowest BCUT2D eigenvalue weighted by Crippen LogP contribution is -2.27. The molecular weight excluding hydrogens is 238 g/mol. The van der Waals surface area contributed by atoms with Gasteiger partial charge in [0.15, 0.2) is 0 Å². The summed E-state index contributed by atoms with van der Waals surface area (Å²) in [6.07, 6.45) is 0.921. The molecule has 1 aromatic heterocycles. The van der Waals surface area contributed by atoms with Crippen LogP contribution in [-0.2, 0) is 0 Å². The topological polar surface area (TPSA) is 49.0 Å². The molecule has 1 aromatic carbocycles. The average molecular weight is 259 g/mol. The van der Waals surface area contributed by atoms with E-state index in [0.717, 1.165) is 29.9 Å². The van der Waals surface area contributed by atoms with Crippen molar-refractivity contribution in [3.05, 3.63) is 39.9 Å². The molecule has 0 bridgehead atoms. The van der Waals surface area contributed by atoms with Crippen LogP contribution in [0.25, 0.3) is 10.9 Å². The van der Waals surface area contributed by atoms with Gasteiger partial charge in [-0.1, -0.05) is 19.9 Å². The number of hydrogen-bond donors (Lipinski definition) is 1. The summed E-state index contributed by atoms with van der Waals surface area (Å²) in [4.78, 5) is 21.9. The van der Waals surface area contributed by atoms with Gasteiger partial charge in [0.25, 0.3) is 5.56 Å². The van der Waals surface area contributed by atoms with Crippen LogP contribution < -0.4 is 5.56 Å². The first-order chi connectivity index (χ1) is 9.06. The van der Waals surface area contributed by atoms with Crippen molar-refractivity contribution < 1.29 is 0 Å². The number of aromatic nitrogens is 2. The zero-order valence-electron chi connectivity index (χ0n) is 12.0. The Hall–Kier alpha value is -1.68. The maximum atomic E-state index is 12.1. The quantitative estimate of drug-likeness (QED) is 0.918. The Balaban J connectivity index is 2.58. The Bertz CT molecular complexity index is 633. The van der Waals surface area contributed by atoms with Crippen molar-refractivity contribution in [1.29, 1.82) is 0 Å². The summed E-state index contributed by atoms with van der Waals surface area (Å²) in [7, 11) is 2.05. The second kappa shape index (κ2) is 5.53. The second-order valence-electron chi connectivity index (χ2n) is 4.97. The molecule has 0 radical (unpaired) electrons. The molecule has 102 valence electrons. The molecule has 1 unspecified atom stereocenters. The Kier molecular flexibility index (Phi) is 4.00. The molecule has 2 aromatic rings. The number of benzene rings is 1. The minimum Gasteiger partial charge on any atom is -0.309 e. The second-order valence-corrected chi connectivity index (χ2v) is 4.97. The molecule has 1 N–H and O–H groups in total. The number of nitrogens with one attached hydrogen (secondary N) is 1. The maximum Gasteiger partial charge on any atom is 0.258 e. The summed E-state index contributed by atoms with van der Waals surface area (Å²) in [6.45, 7) is 7.15. The van der Waals surface area contributed by atoms with Crippen molar-refractivity contribution in [2.75, 3.05) is 13.6 Å². The first-order valence-corrected chi connectivity index (χ1v) is 6.77. The first kappa shape index (κ1) is 13.7. The highest BCUT2D eigenvalue weighted by Gasteiger charge is 2.17. The molecule has 4 heteroatoms. The van der Waals surface area contributed by atoms with Crippen molar-refractivity contribution in [2.45, 2.75) is 33.2 Å². The Morgan fingerprint density at radius 2 is 2.11 bits per heavy atom. The number of aryl methyl sites for hydroxylation is 1. The van der Waals surface area contributed by atoms with E-state index < -0.39 is 0 Å². The van der Waals surface area contributed by atoms with E-state index in [1.807, 2.05) is 25.1 Å². The summed E-state index contributed by atoms with van der Waals surface area (Å²) < 4.78 is 0. The van der Waals surface area contributed by atoms with Gasteiger partial charge in [-0.3, -0.25) is 9.69 Å². The third-order valence-electron chi connectivity index (χ3n) is 3.61. The predicted molar refractivity (Wildman–Crippen MR) is 78.4 cm³/mol. The van der Waals surface area contributed by atoms with Crippen LogP contribution in [0.4, 0.5) is 0 Å². The molecule has 0 aliphatic carbocycles. The SMILES string of the molecule is CCC(c1nc2cc(C)ccc2c(=O)[nH]1)N(C)CC. The summed E-state index contributed by atoms with van der Waals surface area (Å²) in [5.41, 5.74) is 1.85. The van der Waals surface area contributed by atoms with Crippen LogP contribution in [0.1, 0.15) is 37.7 Å². The van der Waals surface area contributed by atoms with Gasteiger partial charge in [-0.15, -0.1) is 0 Å². The number of hydrogen-bond acceptors (Lipinski definition) is 3. The van der Waals surface area contributed by atoms with E-state index >= 15 is 0 Å². The molecule has 19 heavy (non-hydrogen) atoms. The lowest BCUT2D eigenvalue weighted by Gasteiger charge is -2.24. The average Bonchev–Trinajstić information content (AvgIpc) is 2.38. The molecule has 0 fully saturated rings. The van der Waals surface area contributed by atoms with Crippen LogP contribution in [-0.4, -0.2) is 28.5 Å². The molecule has 0 amide bonds. The minimum atomic E-state index is -0.0528. The van der Waals surface area contributed by atoms with E-state index in [1.165, 1.54) is 0 Å². The highest BCUT2D eigenvalue weighted by atomic mass is 16.1. The third-order valence-corrected chi connectivity index (χ3v) is 3.61. The van der Waals surface area contributed by atoms with Crippen molar-refractivity contribution in [1.82, 2.24) is 14.9 Å². The predicted octanol–water partition coefficient (Wildman–Crippen LogP) is 2.63. The van der Waals surface area contributed by atoms with Gasteiger partial charge in [0.05, 0.1) is 16.9 Å². The third kappa shape index (κ3) is 2.68. The Morgan fingerprint density at radius 3 is 2.74 bits per heavy atom. The van der Waals surface area contributed by atoms with Gasteiger partial charge < -0.3 is 4.98 Å². The molecule has 0 aliphatic rings. The number of rotatable bonds is 4. The largest absolute Gasteiger partial charge is 0.309 e. The lowest BCUT2D eigenvalue weighted by atomic mass is 10.1. The van der Waals surface area contributed by atoms with Crippen LogP contribution in [0.15, 0.2) is 23.0 Å². The monoisotopic (exact) mass is 259 g/mol. The number of aromatic amines is 1. The Morgan fingerprint density at radius 1 is 1.37 bits per heavy atom. The number of fused-ring (bicyclic) bond motifs is 1. The van der Waals surface area contributed by atoms with Crippen molar-refractivity contribution >= 4 is 10.9 Å². The minimum absolute atomic E-state index is 0.0528. The smallest absolute Gasteiger partial charge is 0.258 e. The van der Waals surface area contributed by atoms with Gasteiger partial charge in [-0.25, -0.2) is 4.98 Å². The van der Waals surface area contributed by atoms with Crippen LogP contribution in [0, 0.1) is 6.92 Å². The van der Waals surface area contributed by atoms with Gasteiger partial charge in [0, 0.05) is 0 Å². The van der Waals surface area contributed by atoms with Crippen LogP contribution in [0.5, 0.6) is 0 Å². The summed E-state index contributed by atoms with van der Waals surface area (Å²) in [5, 5.41) is 0.656.